The monoisotopic (exact) mass is 414 g/mol. The fraction of sp³-hybridized carbons (Fsp3) is 0.364. The second-order valence-corrected chi connectivity index (χ2v) is 6.71. The Labute approximate surface area is 177 Å². The van der Waals surface area contributed by atoms with E-state index in [0.717, 1.165) is 16.6 Å². The average Bonchev–Trinajstić information content (AvgIpc) is 3.13. The number of aromatic nitrogens is 2. The smallest absolute Gasteiger partial charge is 0.413 e. The van der Waals surface area contributed by atoms with Gasteiger partial charge in [-0.15, -0.1) is 0 Å². The highest BCUT2D eigenvalue weighted by atomic mass is 16.6. The van der Waals surface area contributed by atoms with Gasteiger partial charge in [0, 0.05) is 41.7 Å². The van der Waals surface area contributed by atoms with E-state index in [4.69, 9.17) is 4.74 Å². The van der Waals surface area contributed by atoms with Gasteiger partial charge in [-0.05, 0) is 39.0 Å². The molecule has 8 nitrogen and oxygen atoms in total. The van der Waals surface area contributed by atoms with Gasteiger partial charge >= 0.3 is 6.09 Å². The topological polar surface area (TPSA) is 99.3 Å². The minimum absolute atomic E-state index is 0.0270. The highest BCUT2D eigenvalue weighted by molar-refractivity contribution is 5.89. The van der Waals surface area contributed by atoms with Gasteiger partial charge in [0.2, 0.25) is 0 Å². The van der Waals surface area contributed by atoms with Crippen molar-refractivity contribution >= 4 is 28.5 Å². The molecule has 0 unspecified atom stereocenters. The van der Waals surface area contributed by atoms with Crippen molar-refractivity contribution in [2.45, 2.75) is 54.1 Å². The number of nitro groups is 1. The summed E-state index contributed by atoms with van der Waals surface area (Å²) in [5.41, 5.74) is 0.992. The van der Waals surface area contributed by atoms with Crippen molar-refractivity contribution in [1.82, 2.24) is 9.55 Å². The Morgan fingerprint density at radius 1 is 1.10 bits per heavy atom. The Morgan fingerprint density at radius 2 is 1.70 bits per heavy atom. The van der Waals surface area contributed by atoms with E-state index in [2.05, 4.69) is 10.3 Å². The number of hydrogen-bond acceptors (Lipinski definition) is 5. The van der Waals surface area contributed by atoms with Crippen LogP contribution >= 0.6 is 0 Å². The average molecular weight is 415 g/mol. The Balaban J connectivity index is 0.00000106. The summed E-state index contributed by atoms with van der Waals surface area (Å²) < 4.78 is 7.09. The molecule has 3 aromatic rings. The molecule has 0 atom stereocenters. The van der Waals surface area contributed by atoms with Gasteiger partial charge in [-0.2, -0.15) is 0 Å². The molecule has 0 spiro atoms. The number of rotatable bonds is 3. The maximum atomic E-state index is 11.9. The summed E-state index contributed by atoms with van der Waals surface area (Å²) in [7, 11) is 0. The number of anilines is 1. The van der Waals surface area contributed by atoms with E-state index in [1.165, 1.54) is 12.1 Å². The van der Waals surface area contributed by atoms with Crippen LogP contribution in [0.1, 0.15) is 48.5 Å². The second-order valence-electron chi connectivity index (χ2n) is 6.71. The standard InChI is InChI=1S/C18H18N4O4.2C2H6/c1-18(2,3)26-17(23)20-16-10-15-12(11-19-16)8-9-21(15)13-4-6-14(7-5-13)22(24)25;2*1-2/h4-11H,1-3H3,(H,19,20,23);2*1-2H3. The molecule has 0 aliphatic carbocycles. The summed E-state index contributed by atoms with van der Waals surface area (Å²) in [4.78, 5) is 26.5. The number of amides is 1. The number of ether oxygens (including phenoxy) is 1. The Hall–Kier alpha value is -3.42. The summed E-state index contributed by atoms with van der Waals surface area (Å²) >= 11 is 0. The molecular formula is C22H30N4O4. The molecule has 2 heterocycles. The first-order valence-corrected chi connectivity index (χ1v) is 9.95. The fourth-order valence-corrected chi connectivity index (χ4v) is 2.46. The molecule has 3 rings (SSSR count). The Bertz CT molecular complexity index is 973. The third-order valence-electron chi connectivity index (χ3n) is 3.54. The lowest BCUT2D eigenvalue weighted by Gasteiger charge is -2.19. The number of hydrogen-bond donors (Lipinski definition) is 1. The minimum Gasteiger partial charge on any atom is -0.444 e. The van der Waals surface area contributed by atoms with Crippen molar-refractivity contribution < 1.29 is 14.5 Å². The molecule has 2 aromatic heterocycles. The summed E-state index contributed by atoms with van der Waals surface area (Å²) in [6.07, 6.45) is 2.90. The predicted molar refractivity (Wildman–Crippen MR) is 120 cm³/mol. The van der Waals surface area contributed by atoms with Gasteiger partial charge in [0.15, 0.2) is 0 Å². The molecule has 0 saturated heterocycles. The maximum Gasteiger partial charge on any atom is 0.413 e. The van der Waals surface area contributed by atoms with Crippen molar-refractivity contribution in [2.24, 2.45) is 0 Å². The van der Waals surface area contributed by atoms with Crippen LogP contribution in [0.3, 0.4) is 0 Å². The van der Waals surface area contributed by atoms with Gasteiger partial charge in [-0.1, -0.05) is 27.7 Å². The first-order valence-electron chi connectivity index (χ1n) is 9.95. The van der Waals surface area contributed by atoms with Gasteiger partial charge in [0.05, 0.1) is 10.4 Å². The van der Waals surface area contributed by atoms with Crippen LogP contribution < -0.4 is 5.32 Å². The summed E-state index contributed by atoms with van der Waals surface area (Å²) in [5.74, 6) is 0.355. The number of non-ortho nitro benzene ring substituents is 1. The molecule has 1 aromatic carbocycles. The predicted octanol–water partition coefficient (Wildman–Crippen LogP) is 6.33. The molecule has 0 bridgehead atoms. The van der Waals surface area contributed by atoms with E-state index in [-0.39, 0.29) is 5.69 Å². The molecule has 162 valence electrons. The molecule has 0 aliphatic heterocycles. The van der Waals surface area contributed by atoms with Crippen molar-refractivity contribution in [3.05, 3.63) is 58.9 Å². The molecule has 8 heteroatoms. The van der Waals surface area contributed by atoms with Crippen molar-refractivity contribution in [3.8, 4) is 5.69 Å². The first kappa shape index (κ1) is 24.6. The summed E-state index contributed by atoms with van der Waals surface area (Å²) in [6, 6.07) is 9.82. The van der Waals surface area contributed by atoms with E-state index in [1.807, 2.05) is 44.5 Å². The van der Waals surface area contributed by atoms with Crippen LogP contribution in [0.2, 0.25) is 0 Å². The number of pyridine rings is 1. The zero-order valence-electron chi connectivity index (χ0n) is 18.6. The van der Waals surface area contributed by atoms with Crippen LogP contribution in [0.4, 0.5) is 16.3 Å². The molecule has 0 radical (unpaired) electrons. The first-order chi connectivity index (χ1) is 14.2. The van der Waals surface area contributed by atoms with E-state index in [1.54, 1.807) is 45.2 Å². The number of nitro benzene ring substituents is 1. The lowest BCUT2D eigenvalue weighted by molar-refractivity contribution is -0.384. The van der Waals surface area contributed by atoms with Crippen LogP contribution in [0.15, 0.2) is 48.8 Å². The van der Waals surface area contributed by atoms with Crippen LogP contribution in [-0.4, -0.2) is 26.2 Å². The van der Waals surface area contributed by atoms with Crippen LogP contribution in [-0.2, 0) is 4.74 Å². The Morgan fingerprint density at radius 3 is 2.23 bits per heavy atom. The van der Waals surface area contributed by atoms with E-state index in [9.17, 15) is 14.9 Å². The summed E-state index contributed by atoms with van der Waals surface area (Å²) in [5, 5.41) is 14.3. The van der Waals surface area contributed by atoms with Gasteiger partial charge in [-0.3, -0.25) is 15.4 Å². The van der Waals surface area contributed by atoms with Crippen LogP contribution in [0, 0.1) is 10.1 Å². The maximum absolute atomic E-state index is 11.9. The van der Waals surface area contributed by atoms with E-state index >= 15 is 0 Å². The molecule has 0 saturated carbocycles. The largest absolute Gasteiger partial charge is 0.444 e. The highest BCUT2D eigenvalue weighted by Crippen LogP contribution is 2.24. The zero-order chi connectivity index (χ0) is 22.9. The van der Waals surface area contributed by atoms with Crippen molar-refractivity contribution in [2.75, 3.05) is 5.32 Å². The Kier molecular flexibility index (Phi) is 8.98. The number of nitrogens with zero attached hydrogens (tertiary/aromatic N) is 3. The third-order valence-corrected chi connectivity index (χ3v) is 3.54. The van der Waals surface area contributed by atoms with Crippen LogP contribution in [0.5, 0.6) is 0 Å². The molecule has 30 heavy (non-hydrogen) atoms. The van der Waals surface area contributed by atoms with Gasteiger partial charge in [0.1, 0.15) is 11.4 Å². The lowest BCUT2D eigenvalue weighted by atomic mass is 10.2. The number of nitrogens with one attached hydrogen (secondary N) is 1. The van der Waals surface area contributed by atoms with Crippen molar-refractivity contribution in [3.63, 3.8) is 0 Å². The molecule has 1 amide bonds. The molecule has 0 aliphatic rings. The SMILES string of the molecule is CC.CC.CC(C)(C)OC(=O)Nc1cc2c(ccn2-c2ccc([N+](=O)[O-])cc2)cn1. The van der Waals surface area contributed by atoms with Crippen LogP contribution in [0.25, 0.3) is 16.6 Å². The number of carbonyl (C=O) groups excluding carboxylic acids is 1. The van der Waals surface area contributed by atoms with E-state index in [0.29, 0.717) is 5.82 Å². The number of benzene rings is 1. The lowest BCUT2D eigenvalue weighted by Crippen LogP contribution is -2.27. The zero-order valence-corrected chi connectivity index (χ0v) is 18.6. The van der Waals surface area contributed by atoms with Gasteiger partial charge < -0.3 is 9.30 Å². The number of fused-ring (bicyclic) bond motifs is 1. The number of carbonyl (C=O) groups is 1. The quantitative estimate of drug-likeness (QED) is 0.398. The minimum atomic E-state index is -0.604. The van der Waals surface area contributed by atoms with E-state index < -0.39 is 16.6 Å². The van der Waals surface area contributed by atoms with Crippen molar-refractivity contribution in [1.29, 1.82) is 0 Å². The van der Waals surface area contributed by atoms with Gasteiger partial charge in [-0.25, -0.2) is 9.78 Å². The fourth-order valence-electron chi connectivity index (χ4n) is 2.46. The normalized spacial score (nSPS) is 10.2. The second kappa shape index (κ2) is 10.9. The highest BCUT2D eigenvalue weighted by Gasteiger charge is 2.17. The van der Waals surface area contributed by atoms with Gasteiger partial charge in [0.25, 0.3) is 5.69 Å². The third kappa shape index (κ3) is 6.58. The summed E-state index contributed by atoms with van der Waals surface area (Å²) in [6.45, 7) is 13.3. The molecule has 1 N–H and O–H groups in total. The molecule has 0 fully saturated rings. The molecular weight excluding hydrogens is 384 g/mol.